The van der Waals surface area contributed by atoms with E-state index in [0.29, 0.717) is 29.1 Å². The van der Waals surface area contributed by atoms with Crippen LogP contribution < -0.4 is 5.32 Å². The largest absolute Gasteiger partial charge is 0.433 e. The van der Waals surface area contributed by atoms with Crippen molar-refractivity contribution in [2.75, 3.05) is 5.32 Å². The molecule has 0 aliphatic rings. The number of pyridine rings is 1. The van der Waals surface area contributed by atoms with E-state index in [1.807, 2.05) is 0 Å². The number of aromatic nitrogens is 3. The molecule has 0 spiro atoms. The maximum Gasteiger partial charge on any atom is 0.433 e. The van der Waals surface area contributed by atoms with E-state index >= 15 is 0 Å². The lowest BCUT2D eigenvalue weighted by atomic mass is 10.0. The van der Waals surface area contributed by atoms with E-state index in [2.05, 4.69) is 15.4 Å². The highest BCUT2D eigenvalue weighted by Gasteiger charge is 2.38. The average molecular weight is 510 g/mol. The number of carbonyl (C=O) groups is 1. The van der Waals surface area contributed by atoms with Gasteiger partial charge in [0.15, 0.2) is 0 Å². The van der Waals surface area contributed by atoms with Crippen LogP contribution >= 0.6 is 0 Å². The molecular weight excluding hydrogens is 493 g/mol. The number of carbonyl (C=O) groups excluding carboxylic acids is 1. The lowest BCUT2D eigenvalue weighted by Gasteiger charge is -2.15. The normalized spacial score (nSPS) is 12.2. The topological polar surface area (TPSA) is 59.8 Å². The Labute approximate surface area is 199 Å². The molecule has 1 N–H and O–H groups in total. The van der Waals surface area contributed by atoms with Gasteiger partial charge in [-0.05, 0) is 43.7 Å². The van der Waals surface area contributed by atoms with E-state index < -0.39 is 46.4 Å². The summed E-state index contributed by atoms with van der Waals surface area (Å²) < 4.78 is 95.5. The Morgan fingerprint density at radius 1 is 0.972 bits per heavy atom. The van der Waals surface area contributed by atoms with Crippen molar-refractivity contribution in [3.8, 4) is 0 Å². The zero-order valence-electron chi connectivity index (χ0n) is 18.7. The van der Waals surface area contributed by atoms with Crippen molar-refractivity contribution < 1.29 is 35.5 Å². The molecule has 1 amide bonds. The molecule has 2 aromatic heterocycles. The standard InChI is InChI=1S/C24H17F7N4O/c1-12-20(13(2)35(34-12)11-14-6-8-15(25)9-7-14)33-22(36)17-10-19(24(29,30)31)32-21-16(17)4-3-5-18(21)23(26,27)28/h3-10H,11H2,1-2H3,(H,33,36). The monoisotopic (exact) mass is 510 g/mol. The Bertz CT molecular complexity index is 1450. The summed E-state index contributed by atoms with van der Waals surface area (Å²) in [6.45, 7) is 3.37. The number of hydrogen-bond donors (Lipinski definition) is 1. The number of para-hydroxylation sites is 1. The van der Waals surface area contributed by atoms with Crippen LogP contribution in [0.1, 0.15) is 38.6 Å². The number of halogens is 7. The zero-order chi connectivity index (χ0) is 26.4. The van der Waals surface area contributed by atoms with E-state index in [9.17, 15) is 35.5 Å². The molecule has 2 heterocycles. The van der Waals surface area contributed by atoms with Gasteiger partial charge in [-0.15, -0.1) is 0 Å². The highest BCUT2D eigenvalue weighted by molar-refractivity contribution is 6.13. The molecule has 0 saturated carbocycles. The highest BCUT2D eigenvalue weighted by Crippen LogP contribution is 2.38. The van der Waals surface area contributed by atoms with Crippen molar-refractivity contribution in [1.82, 2.24) is 14.8 Å². The predicted molar refractivity (Wildman–Crippen MR) is 117 cm³/mol. The first kappa shape index (κ1) is 25.1. The summed E-state index contributed by atoms with van der Waals surface area (Å²) in [5.74, 6) is -1.48. The lowest BCUT2D eigenvalue weighted by molar-refractivity contribution is -0.142. The van der Waals surface area contributed by atoms with Gasteiger partial charge in [0.2, 0.25) is 0 Å². The van der Waals surface area contributed by atoms with E-state index in [-0.39, 0.29) is 17.6 Å². The number of hydrogen-bond acceptors (Lipinski definition) is 3. The second kappa shape index (κ2) is 8.92. The van der Waals surface area contributed by atoms with Crippen LogP contribution in [0.5, 0.6) is 0 Å². The molecule has 0 radical (unpaired) electrons. The second-order valence-electron chi connectivity index (χ2n) is 8.04. The molecule has 2 aromatic carbocycles. The number of nitrogens with zero attached hydrogens (tertiary/aromatic N) is 3. The minimum absolute atomic E-state index is 0.188. The van der Waals surface area contributed by atoms with Gasteiger partial charge in [0.1, 0.15) is 11.5 Å². The fraction of sp³-hybridized carbons (Fsp3) is 0.208. The molecule has 0 fully saturated rings. The summed E-state index contributed by atoms with van der Waals surface area (Å²) in [5.41, 5.74) is -2.96. The van der Waals surface area contributed by atoms with Crippen LogP contribution in [-0.2, 0) is 18.9 Å². The number of aryl methyl sites for hydroxylation is 1. The quantitative estimate of drug-likeness (QED) is 0.318. The van der Waals surface area contributed by atoms with Crippen LogP contribution in [0.25, 0.3) is 10.9 Å². The van der Waals surface area contributed by atoms with Gasteiger partial charge in [-0.1, -0.05) is 24.3 Å². The fourth-order valence-electron chi connectivity index (χ4n) is 3.79. The van der Waals surface area contributed by atoms with Gasteiger partial charge in [0.05, 0.1) is 40.3 Å². The summed E-state index contributed by atoms with van der Waals surface area (Å²) in [5, 5.41) is 6.40. The summed E-state index contributed by atoms with van der Waals surface area (Å²) in [7, 11) is 0. The molecule has 0 saturated heterocycles. The van der Waals surface area contributed by atoms with Crippen molar-refractivity contribution in [2.24, 2.45) is 0 Å². The Morgan fingerprint density at radius 3 is 2.25 bits per heavy atom. The molecule has 5 nitrogen and oxygen atoms in total. The van der Waals surface area contributed by atoms with Crippen molar-refractivity contribution in [1.29, 1.82) is 0 Å². The van der Waals surface area contributed by atoms with E-state index in [1.54, 1.807) is 26.0 Å². The predicted octanol–water partition coefficient (Wildman–Crippen LogP) is 6.53. The molecule has 36 heavy (non-hydrogen) atoms. The first-order valence-corrected chi connectivity index (χ1v) is 10.4. The maximum atomic E-state index is 13.5. The molecule has 0 aliphatic heterocycles. The van der Waals surface area contributed by atoms with E-state index in [1.165, 1.54) is 16.8 Å². The number of rotatable bonds is 4. The number of anilines is 1. The smallest absolute Gasteiger partial charge is 0.319 e. The van der Waals surface area contributed by atoms with Gasteiger partial charge < -0.3 is 5.32 Å². The van der Waals surface area contributed by atoms with Crippen molar-refractivity contribution in [2.45, 2.75) is 32.7 Å². The third-order valence-corrected chi connectivity index (χ3v) is 5.55. The van der Waals surface area contributed by atoms with Gasteiger partial charge in [0, 0.05) is 5.39 Å². The van der Waals surface area contributed by atoms with Gasteiger partial charge in [0.25, 0.3) is 5.91 Å². The van der Waals surface area contributed by atoms with Crippen LogP contribution in [0.3, 0.4) is 0 Å². The fourth-order valence-corrected chi connectivity index (χ4v) is 3.79. The molecule has 4 aromatic rings. The van der Waals surface area contributed by atoms with Crippen LogP contribution in [-0.4, -0.2) is 20.7 Å². The van der Waals surface area contributed by atoms with E-state index in [0.717, 1.165) is 12.1 Å². The first-order valence-electron chi connectivity index (χ1n) is 10.4. The number of alkyl halides is 6. The van der Waals surface area contributed by atoms with Crippen LogP contribution in [0.4, 0.5) is 36.4 Å². The van der Waals surface area contributed by atoms with Crippen molar-refractivity contribution in [3.05, 3.63) is 88.1 Å². The molecule has 4 rings (SSSR count). The van der Waals surface area contributed by atoms with Crippen LogP contribution in [0.2, 0.25) is 0 Å². The summed E-state index contributed by atoms with van der Waals surface area (Å²) in [4.78, 5) is 16.3. The van der Waals surface area contributed by atoms with Gasteiger partial charge >= 0.3 is 12.4 Å². The minimum atomic E-state index is -5.09. The molecule has 188 valence electrons. The number of benzene rings is 2. The number of amides is 1. The van der Waals surface area contributed by atoms with Crippen molar-refractivity contribution >= 4 is 22.5 Å². The number of fused-ring (bicyclic) bond motifs is 1. The van der Waals surface area contributed by atoms with Crippen molar-refractivity contribution in [3.63, 3.8) is 0 Å². The Kier molecular flexibility index (Phi) is 6.23. The van der Waals surface area contributed by atoms with Gasteiger partial charge in [-0.2, -0.15) is 31.4 Å². The zero-order valence-corrected chi connectivity index (χ0v) is 18.7. The summed E-state index contributed by atoms with van der Waals surface area (Å²) in [6.07, 6.45) is -10.1. The summed E-state index contributed by atoms with van der Waals surface area (Å²) in [6, 6.07) is 8.75. The Morgan fingerprint density at radius 2 is 1.64 bits per heavy atom. The Balaban J connectivity index is 1.76. The molecule has 0 bridgehead atoms. The molecule has 0 atom stereocenters. The first-order chi connectivity index (χ1) is 16.8. The second-order valence-corrected chi connectivity index (χ2v) is 8.04. The van der Waals surface area contributed by atoms with Crippen LogP contribution in [0.15, 0.2) is 48.5 Å². The molecule has 0 aliphatic carbocycles. The third-order valence-electron chi connectivity index (χ3n) is 5.55. The van der Waals surface area contributed by atoms with Gasteiger partial charge in [-0.25, -0.2) is 9.37 Å². The third kappa shape index (κ3) is 4.88. The minimum Gasteiger partial charge on any atom is -0.319 e. The lowest BCUT2D eigenvalue weighted by Crippen LogP contribution is -2.18. The van der Waals surface area contributed by atoms with Gasteiger partial charge in [-0.3, -0.25) is 9.48 Å². The molecule has 0 unspecified atom stereocenters. The SMILES string of the molecule is Cc1nn(Cc2ccc(F)cc2)c(C)c1NC(=O)c1cc(C(F)(F)F)nc2c(C(F)(F)F)cccc12. The number of nitrogens with one attached hydrogen (secondary N) is 1. The average Bonchev–Trinajstić information content (AvgIpc) is 3.05. The molecule has 12 heteroatoms. The van der Waals surface area contributed by atoms with E-state index in [4.69, 9.17) is 0 Å². The Hall–Kier alpha value is -3.96. The summed E-state index contributed by atoms with van der Waals surface area (Å²) >= 11 is 0. The molecular formula is C24H17F7N4O. The maximum absolute atomic E-state index is 13.5. The van der Waals surface area contributed by atoms with Crippen LogP contribution in [0, 0.1) is 19.7 Å². The highest BCUT2D eigenvalue weighted by atomic mass is 19.4.